The number of allylic oxidation sites excluding steroid dienone is 5. The Labute approximate surface area is 180 Å². The predicted molar refractivity (Wildman–Crippen MR) is 122 cm³/mol. The standard InChI is InChI=1S/C26H32N2O2/c1-4-28(5-2)25(29)21-13-11-20(12-14-21)23-18-26(15-16-27-19(3)17-26)30-24-10-8-6-7-9-22(23)24/h6-7,9-14,18-19,27H,4-5,8,15-17H2,1-3H3. The fraction of sp³-hybridized carbons (Fsp3) is 0.423. The average Bonchev–Trinajstić information content (AvgIpc) is 2.99. The number of fused-ring (bicyclic) bond motifs is 1. The van der Waals surface area contributed by atoms with Gasteiger partial charge in [-0.3, -0.25) is 4.79 Å². The van der Waals surface area contributed by atoms with Gasteiger partial charge in [-0.25, -0.2) is 0 Å². The summed E-state index contributed by atoms with van der Waals surface area (Å²) in [6.07, 6.45) is 13.7. The van der Waals surface area contributed by atoms with E-state index in [-0.39, 0.29) is 11.5 Å². The molecule has 2 aliphatic heterocycles. The van der Waals surface area contributed by atoms with Gasteiger partial charge in [-0.1, -0.05) is 30.4 Å². The number of carbonyl (C=O) groups excluding carboxylic acids is 1. The summed E-state index contributed by atoms with van der Waals surface area (Å²) in [6, 6.07) is 8.50. The van der Waals surface area contributed by atoms with Gasteiger partial charge >= 0.3 is 0 Å². The average molecular weight is 405 g/mol. The van der Waals surface area contributed by atoms with Gasteiger partial charge in [-0.2, -0.15) is 0 Å². The molecule has 30 heavy (non-hydrogen) atoms. The minimum Gasteiger partial charge on any atom is -0.483 e. The molecule has 0 saturated carbocycles. The van der Waals surface area contributed by atoms with Crippen LogP contribution >= 0.6 is 0 Å². The van der Waals surface area contributed by atoms with Crippen LogP contribution in [0.1, 0.15) is 56.0 Å². The van der Waals surface area contributed by atoms with Crippen LogP contribution in [0.25, 0.3) is 5.57 Å². The second-order valence-electron chi connectivity index (χ2n) is 8.40. The molecule has 0 bridgehead atoms. The van der Waals surface area contributed by atoms with Crippen LogP contribution < -0.4 is 5.32 Å². The van der Waals surface area contributed by atoms with E-state index in [1.807, 2.05) is 30.9 Å². The van der Waals surface area contributed by atoms with Gasteiger partial charge in [0.1, 0.15) is 11.4 Å². The maximum absolute atomic E-state index is 12.7. The van der Waals surface area contributed by atoms with Gasteiger partial charge in [0.15, 0.2) is 0 Å². The van der Waals surface area contributed by atoms with Crippen LogP contribution in [0.5, 0.6) is 0 Å². The van der Waals surface area contributed by atoms with Gasteiger partial charge in [0.2, 0.25) is 0 Å². The molecule has 158 valence electrons. The number of nitrogens with one attached hydrogen (secondary N) is 1. The summed E-state index contributed by atoms with van der Waals surface area (Å²) in [7, 11) is 0. The topological polar surface area (TPSA) is 41.6 Å². The molecular weight excluding hydrogens is 372 g/mol. The Morgan fingerprint density at radius 2 is 1.97 bits per heavy atom. The van der Waals surface area contributed by atoms with Gasteiger partial charge in [-0.15, -0.1) is 0 Å². The van der Waals surface area contributed by atoms with Crippen LogP contribution in [0.2, 0.25) is 0 Å². The summed E-state index contributed by atoms with van der Waals surface area (Å²) in [5.74, 6) is 1.07. The highest BCUT2D eigenvalue weighted by molar-refractivity contribution is 5.95. The number of carbonyl (C=O) groups is 1. The molecule has 1 aromatic carbocycles. The monoisotopic (exact) mass is 404 g/mol. The van der Waals surface area contributed by atoms with Gasteiger partial charge in [0.05, 0.1) is 0 Å². The molecule has 1 N–H and O–H groups in total. The van der Waals surface area contributed by atoms with Crippen molar-refractivity contribution in [2.45, 2.75) is 51.7 Å². The Bertz CT molecular complexity index is 919. The van der Waals surface area contributed by atoms with Crippen LogP contribution in [0, 0.1) is 0 Å². The highest BCUT2D eigenvalue weighted by Crippen LogP contribution is 2.44. The molecule has 2 atom stereocenters. The Morgan fingerprint density at radius 1 is 1.20 bits per heavy atom. The minimum absolute atomic E-state index is 0.0911. The summed E-state index contributed by atoms with van der Waals surface area (Å²) in [5.41, 5.74) is 3.93. The molecule has 1 spiro atoms. The summed E-state index contributed by atoms with van der Waals surface area (Å²) in [4.78, 5) is 14.6. The number of ether oxygens (including phenoxy) is 1. The molecule has 1 aliphatic carbocycles. The van der Waals surface area contributed by atoms with Crippen molar-refractivity contribution in [3.8, 4) is 0 Å². The molecule has 0 radical (unpaired) electrons. The second-order valence-corrected chi connectivity index (χ2v) is 8.40. The van der Waals surface area contributed by atoms with Crippen molar-refractivity contribution in [3.05, 3.63) is 77.1 Å². The van der Waals surface area contributed by atoms with E-state index in [0.29, 0.717) is 6.04 Å². The summed E-state index contributed by atoms with van der Waals surface area (Å²) >= 11 is 0. The maximum Gasteiger partial charge on any atom is 0.253 e. The van der Waals surface area contributed by atoms with Gasteiger partial charge in [0, 0.05) is 43.1 Å². The van der Waals surface area contributed by atoms with Crippen molar-refractivity contribution in [2.24, 2.45) is 0 Å². The van der Waals surface area contributed by atoms with Crippen molar-refractivity contribution in [3.63, 3.8) is 0 Å². The zero-order chi connectivity index (χ0) is 21.1. The third-order valence-corrected chi connectivity index (χ3v) is 6.30. The fourth-order valence-corrected chi connectivity index (χ4v) is 4.69. The lowest BCUT2D eigenvalue weighted by Gasteiger charge is -2.43. The van der Waals surface area contributed by atoms with Gasteiger partial charge in [-0.05, 0) is 69.2 Å². The molecule has 3 aliphatic rings. The summed E-state index contributed by atoms with van der Waals surface area (Å²) < 4.78 is 6.62. The molecule has 0 aromatic heterocycles. The van der Waals surface area contributed by atoms with Crippen LogP contribution in [-0.2, 0) is 4.74 Å². The highest BCUT2D eigenvalue weighted by atomic mass is 16.5. The number of hydrogen-bond donors (Lipinski definition) is 1. The molecule has 1 aromatic rings. The Kier molecular flexibility index (Phi) is 5.96. The van der Waals surface area contributed by atoms with E-state index in [1.54, 1.807) is 0 Å². The van der Waals surface area contributed by atoms with Crippen LogP contribution in [0.15, 0.2) is 66.0 Å². The largest absolute Gasteiger partial charge is 0.483 e. The van der Waals surface area contributed by atoms with E-state index in [9.17, 15) is 4.79 Å². The summed E-state index contributed by atoms with van der Waals surface area (Å²) in [6.45, 7) is 8.65. The van der Waals surface area contributed by atoms with E-state index in [1.165, 1.54) is 5.57 Å². The van der Waals surface area contributed by atoms with Crippen molar-refractivity contribution >= 4 is 11.5 Å². The van der Waals surface area contributed by atoms with E-state index < -0.39 is 0 Å². The highest BCUT2D eigenvalue weighted by Gasteiger charge is 2.40. The maximum atomic E-state index is 12.7. The molecule has 2 heterocycles. The van der Waals surface area contributed by atoms with E-state index in [0.717, 1.165) is 61.4 Å². The number of piperidine rings is 1. The lowest BCUT2D eigenvalue weighted by atomic mass is 9.80. The lowest BCUT2D eigenvalue weighted by Crippen LogP contribution is -2.48. The Balaban J connectivity index is 1.72. The SMILES string of the molecule is CCN(CC)C(=O)c1ccc(C2=CC3(CCNC(C)C3)OC3=CCC=CC=C32)cc1. The first kappa shape index (κ1) is 20.7. The molecule has 1 amide bonds. The summed E-state index contributed by atoms with van der Waals surface area (Å²) in [5, 5.41) is 3.54. The molecule has 4 rings (SSSR count). The Morgan fingerprint density at radius 3 is 2.67 bits per heavy atom. The number of nitrogens with zero attached hydrogens (tertiary/aromatic N) is 1. The van der Waals surface area contributed by atoms with E-state index >= 15 is 0 Å². The molecule has 4 nitrogen and oxygen atoms in total. The van der Waals surface area contributed by atoms with Crippen LogP contribution in [0.3, 0.4) is 0 Å². The number of benzene rings is 1. The van der Waals surface area contributed by atoms with Crippen molar-refractivity contribution in [1.29, 1.82) is 0 Å². The van der Waals surface area contributed by atoms with Gasteiger partial charge in [0.25, 0.3) is 5.91 Å². The molecule has 1 saturated heterocycles. The molecular formula is C26H32N2O2. The van der Waals surface area contributed by atoms with Crippen molar-refractivity contribution < 1.29 is 9.53 Å². The zero-order valence-electron chi connectivity index (χ0n) is 18.3. The number of amides is 1. The zero-order valence-corrected chi connectivity index (χ0v) is 18.3. The third-order valence-electron chi connectivity index (χ3n) is 6.30. The van der Waals surface area contributed by atoms with Crippen molar-refractivity contribution in [1.82, 2.24) is 10.2 Å². The second kappa shape index (κ2) is 8.65. The molecule has 1 fully saturated rings. The van der Waals surface area contributed by atoms with Crippen LogP contribution in [-0.4, -0.2) is 42.1 Å². The predicted octanol–water partition coefficient (Wildman–Crippen LogP) is 4.86. The molecule has 4 heteroatoms. The van der Waals surface area contributed by atoms with E-state index in [4.69, 9.17) is 4.74 Å². The van der Waals surface area contributed by atoms with Crippen LogP contribution in [0.4, 0.5) is 0 Å². The van der Waals surface area contributed by atoms with E-state index in [2.05, 4.69) is 54.8 Å². The number of rotatable bonds is 4. The van der Waals surface area contributed by atoms with Gasteiger partial charge < -0.3 is 15.0 Å². The smallest absolute Gasteiger partial charge is 0.253 e. The first-order chi connectivity index (χ1) is 14.5. The normalized spacial score (nSPS) is 25.4. The molecule has 2 unspecified atom stereocenters. The number of hydrogen-bond acceptors (Lipinski definition) is 3. The first-order valence-electron chi connectivity index (χ1n) is 11.2. The third kappa shape index (κ3) is 4.01. The quantitative estimate of drug-likeness (QED) is 0.779. The van der Waals surface area contributed by atoms with Crippen molar-refractivity contribution in [2.75, 3.05) is 19.6 Å². The minimum atomic E-state index is -0.275. The fourth-order valence-electron chi connectivity index (χ4n) is 4.69. The first-order valence-corrected chi connectivity index (χ1v) is 11.2. The Hall–Kier alpha value is -2.59. The lowest BCUT2D eigenvalue weighted by molar-refractivity contribution is 0.00882.